The summed E-state index contributed by atoms with van der Waals surface area (Å²) in [6, 6.07) is 25.9. The van der Waals surface area contributed by atoms with E-state index in [2.05, 4.69) is 34.1 Å². The predicted molar refractivity (Wildman–Crippen MR) is 105 cm³/mol. The van der Waals surface area contributed by atoms with Crippen molar-refractivity contribution in [1.29, 1.82) is 0 Å². The standard InChI is InChI=1S/C22H16BrNO/c23-20-13-7-4-10-17(20)15-24-21(14-16-8-2-1-3-9-16)18-11-5-6-12-19(18)22(24)25/h1-14H,15H2/b21-14-. The number of hydrogen-bond donors (Lipinski definition) is 0. The summed E-state index contributed by atoms with van der Waals surface area (Å²) in [7, 11) is 0. The van der Waals surface area contributed by atoms with Gasteiger partial charge in [0.25, 0.3) is 5.91 Å². The van der Waals surface area contributed by atoms with Gasteiger partial charge in [-0.1, -0.05) is 82.7 Å². The van der Waals surface area contributed by atoms with E-state index in [0.29, 0.717) is 6.54 Å². The van der Waals surface area contributed by atoms with Crippen LogP contribution < -0.4 is 0 Å². The van der Waals surface area contributed by atoms with Gasteiger partial charge in [-0.15, -0.1) is 0 Å². The largest absolute Gasteiger partial charge is 0.303 e. The topological polar surface area (TPSA) is 20.3 Å². The fraction of sp³-hybridized carbons (Fsp3) is 0.0455. The first-order valence-corrected chi connectivity index (χ1v) is 8.95. The fourth-order valence-electron chi connectivity index (χ4n) is 3.11. The molecule has 0 spiro atoms. The van der Waals surface area contributed by atoms with Crippen LogP contribution in [-0.2, 0) is 6.54 Å². The maximum absolute atomic E-state index is 13.0. The zero-order valence-electron chi connectivity index (χ0n) is 13.5. The van der Waals surface area contributed by atoms with E-state index in [0.717, 1.165) is 32.4 Å². The molecule has 0 aliphatic carbocycles. The fourth-order valence-corrected chi connectivity index (χ4v) is 3.52. The summed E-state index contributed by atoms with van der Waals surface area (Å²) in [6.07, 6.45) is 2.08. The molecule has 25 heavy (non-hydrogen) atoms. The van der Waals surface area contributed by atoms with E-state index in [1.807, 2.05) is 71.6 Å². The lowest BCUT2D eigenvalue weighted by Gasteiger charge is -2.19. The zero-order valence-corrected chi connectivity index (χ0v) is 15.1. The van der Waals surface area contributed by atoms with E-state index in [9.17, 15) is 4.79 Å². The highest BCUT2D eigenvalue weighted by Crippen LogP contribution is 2.36. The number of nitrogens with zero attached hydrogens (tertiary/aromatic N) is 1. The van der Waals surface area contributed by atoms with E-state index in [1.54, 1.807) is 0 Å². The average molecular weight is 390 g/mol. The molecule has 0 fully saturated rings. The van der Waals surface area contributed by atoms with Crippen LogP contribution in [0.5, 0.6) is 0 Å². The molecule has 122 valence electrons. The van der Waals surface area contributed by atoms with Gasteiger partial charge in [-0.2, -0.15) is 0 Å². The van der Waals surface area contributed by atoms with E-state index < -0.39 is 0 Å². The second-order valence-corrected chi connectivity index (χ2v) is 6.82. The van der Waals surface area contributed by atoms with Gasteiger partial charge < -0.3 is 4.90 Å². The lowest BCUT2D eigenvalue weighted by atomic mass is 10.1. The van der Waals surface area contributed by atoms with Crippen LogP contribution in [0.1, 0.15) is 27.0 Å². The Morgan fingerprint density at radius 1 is 0.800 bits per heavy atom. The molecule has 3 heteroatoms. The first-order valence-electron chi connectivity index (χ1n) is 8.15. The molecule has 0 atom stereocenters. The van der Waals surface area contributed by atoms with Gasteiger partial charge in [0, 0.05) is 15.6 Å². The van der Waals surface area contributed by atoms with Crippen LogP contribution in [0.4, 0.5) is 0 Å². The molecular weight excluding hydrogens is 374 g/mol. The highest BCUT2D eigenvalue weighted by atomic mass is 79.9. The van der Waals surface area contributed by atoms with Crippen LogP contribution in [0.3, 0.4) is 0 Å². The van der Waals surface area contributed by atoms with Crippen LogP contribution in [-0.4, -0.2) is 10.8 Å². The average Bonchev–Trinajstić information content (AvgIpc) is 2.91. The minimum atomic E-state index is 0.0496. The molecule has 1 heterocycles. The molecule has 0 saturated carbocycles. The van der Waals surface area contributed by atoms with Crippen molar-refractivity contribution in [3.8, 4) is 0 Å². The number of carbonyl (C=O) groups excluding carboxylic acids is 1. The minimum Gasteiger partial charge on any atom is -0.303 e. The SMILES string of the molecule is O=C1c2ccccc2/C(=C/c2ccccc2)N1Cc1ccccc1Br. The summed E-state index contributed by atoms with van der Waals surface area (Å²) >= 11 is 3.59. The summed E-state index contributed by atoms with van der Waals surface area (Å²) in [6.45, 7) is 0.535. The molecule has 4 rings (SSSR count). The van der Waals surface area contributed by atoms with Crippen LogP contribution in [0.25, 0.3) is 11.8 Å². The molecule has 0 bridgehead atoms. The quantitative estimate of drug-likeness (QED) is 0.570. The van der Waals surface area contributed by atoms with Crippen molar-refractivity contribution >= 4 is 33.6 Å². The van der Waals surface area contributed by atoms with Gasteiger partial charge in [0.1, 0.15) is 0 Å². The smallest absolute Gasteiger partial charge is 0.259 e. The lowest BCUT2D eigenvalue weighted by molar-refractivity contribution is 0.0843. The van der Waals surface area contributed by atoms with E-state index in [-0.39, 0.29) is 5.91 Å². The number of hydrogen-bond acceptors (Lipinski definition) is 1. The third kappa shape index (κ3) is 3.03. The lowest BCUT2D eigenvalue weighted by Crippen LogP contribution is -2.22. The van der Waals surface area contributed by atoms with E-state index in [1.165, 1.54) is 0 Å². The molecule has 1 amide bonds. The van der Waals surface area contributed by atoms with Crippen molar-refractivity contribution in [3.05, 3.63) is 106 Å². The van der Waals surface area contributed by atoms with Crippen molar-refractivity contribution in [3.63, 3.8) is 0 Å². The second kappa shape index (κ2) is 6.69. The molecule has 0 N–H and O–H groups in total. The van der Waals surface area contributed by atoms with E-state index >= 15 is 0 Å². The second-order valence-electron chi connectivity index (χ2n) is 5.97. The Balaban J connectivity index is 1.80. The number of rotatable bonds is 3. The minimum absolute atomic E-state index is 0.0496. The molecule has 2 nitrogen and oxygen atoms in total. The Kier molecular flexibility index (Phi) is 4.24. The summed E-state index contributed by atoms with van der Waals surface area (Å²) in [5, 5.41) is 0. The Morgan fingerprint density at radius 3 is 2.20 bits per heavy atom. The number of benzene rings is 3. The number of carbonyl (C=O) groups is 1. The van der Waals surface area contributed by atoms with Gasteiger partial charge in [-0.25, -0.2) is 0 Å². The number of halogens is 1. The van der Waals surface area contributed by atoms with Gasteiger partial charge in [-0.3, -0.25) is 4.79 Å². The summed E-state index contributed by atoms with van der Waals surface area (Å²) in [5.41, 5.74) is 4.87. The molecule has 1 aliphatic rings. The van der Waals surface area contributed by atoms with Gasteiger partial charge >= 0.3 is 0 Å². The van der Waals surface area contributed by atoms with Gasteiger partial charge in [0.2, 0.25) is 0 Å². The maximum atomic E-state index is 13.0. The third-order valence-corrected chi connectivity index (χ3v) is 5.13. The summed E-state index contributed by atoms with van der Waals surface area (Å²) < 4.78 is 1.01. The van der Waals surface area contributed by atoms with Gasteiger partial charge in [0.15, 0.2) is 0 Å². The summed E-state index contributed by atoms with van der Waals surface area (Å²) in [5.74, 6) is 0.0496. The highest BCUT2D eigenvalue weighted by Gasteiger charge is 2.32. The zero-order chi connectivity index (χ0) is 17.2. The first kappa shape index (κ1) is 15.9. The molecule has 0 radical (unpaired) electrons. The number of amides is 1. The summed E-state index contributed by atoms with van der Waals surface area (Å²) in [4.78, 5) is 14.8. The Labute approximate surface area is 155 Å². The van der Waals surface area contributed by atoms with Crippen molar-refractivity contribution < 1.29 is 4.79 Å². The Hall–Kier alpha value is -2.65. The van der Waals surface area contributed by atoms with E-state index in [4.69, 9.17) is 0 Å². The van der Waals surface area contributed by atoms with Crippen LogP contribution >= 0.6 is 15.9 Å². The molecule has 0 saturated heterocycles. The molecular formula is C22H16BrNO. The molecule has 3 aromatic carbocycles. The number of fused-ring (bicyclic) bond motifs is 1. The Bertz CT molecular complexity index is 963. The van der Waals surface area contributed by atoms with Crippen LogP contribution in [0.15, 0.2) is 83.3 Å². The van der Waals surface area contributed by atoms with Gasteiger partial charge in [-0.05, 0) is 29.3 Å². The van der Waals surface area contributed by atoms with Gasteiger partial charge in [0.05, 0.1) is 12.2 Å². The maximum Gasteiger partial charge on any atom is 0.259 e. The molecule has 1 aliphatic heterocycles. The highest BCUT2D eigenvalue weighted by molar-refractivity contribution is 9.10. The predicted octanol–water partition coefficient (Wildman–Crippen LogP) is 5.60. The van der Waals surface area contributed by atoms with Crippen molar-refractivity contribution in [2.45, 2.75) is 6.54 Å². The first-order chi connectivity index (χ1) is 12.2. The van der Waals surface area contributed by atoms with Crippen LogP contribution in [0, 0.1) is 0 Å². The van der Waals surface area contributed by atoms with Crippen molar-refractivity contribution in [2.24, 2.45) is 0 Å². The van der Waals surface area contributed by atoms with Crippen molar-refractivity contribution in [1.82, 2.24) is 4.90 Å². The Morgan fingerprint density at radius 2 is 1.44 bits per heavy atom. The van der Waals surface area contributed by atoms with Crippen molar-refractivity contribution in [2.75, 3.05) is 0 Å². The molecule has 0 aromatic heterocycles. The monoisotopic (exact) mass is 389 g/mol. The third-order valence-electron chi connectivity index (χ3n) is 4.36. The molecule has 3 aromatic rings. The van der Waals surface area contributed by atoms with Crippen LogP contribution in [0.2, 0.25) is 0 Å². The normalized spacial score (nSPS) is 14.8. The molecule has 0 unspecified atom stereocenters.